The van der Waals surface area contributed by atoms with Gasteiger partial charge < -0.3 is 15.4 Å². The fraction of sp³-hybridized carbons (Fsp3) is 0.261. The Labute approximate surface area is 180 Å². The minimum atomic E-state index is -0.390. The third-order valence-corrected chi connectivity index (χ3v) is 5.10. The van der Waals surface area contributed by atoms with Crippen LogP contribution in [0.15, 0.2) is 60.0 Å². The average Bonchev–Trinajstić information content (AvgIpc) is 3.20. The van der Waals surface area contributed by atoms with Crippen molar-refractivity contribution in [2.45, 2.75) is 32.7 Å². The minimum Gasteiger partial charge on any atom is -0.494 e. The monoisotopic (exact) mass is 423 g/mol. The highest BCUT2D eigenvalue weighted by atomic mass is 32.1. The summed E-state index contributed by atoms with van der Waals surface area (Å²) in [6.07, 6.45) is 1.09. The van der Waals surface area contributed by atoms with E-state index in [2.05, 4.69) is 22.5 Å². The number of benzene rings is 2. The molecule has 1 unspecified atom stereocenters. The van der Waals surface area contributed by atoms with E-state index in [1.165, 1.54) is 18.3 Å². The van der Waals surface area contributed by atoms with Gasteiger partial charge in [-0.05, 0) is 36.2 Å². The lowest BCUT2D eigenvalue weighted by atomic mass is 10.0. The summed E-state index contributed by atoms with van der Waals surface area (Å²) >= 11 is 1.37. The van der Waals surface area contributed by atoms with Crippen molar-refractivity contribution in [1.29, 1.82) is 0 Å². The molecule has 2 amide bonds. The van der Waals surface area contributed by atoms with Crippen LogP contribution in [-0.4, -0.2) is 23.4 Å². The van der Waals surface area contributed by atoms with E-state index < -0.39 is 6.04 Å². The maximum atomic E-state index is 12.6. The molecule has 2 aromatic carbocycles. The third kappa shape index (κ3) is 6.15. The Morgan fingerprint density at radius 1 is 1.10 bits per heavy atom. The molecule has 1 atom stereocenters. The number of hydrogen-bond acceptors (Lipinski definition) is 5. The molecule has 3 rings (SSSR count). The van der Waals surface area contributed by atoms with Crippen molar-refractivity contribution in [3.8, 4) is 17.0 Å². The van der Waals surface area contributed by atoms with Crippen LogP contribution in [0.3, 0.4) is 0 Å². The molecule has 3 aromatic rings. The molecule has 30 heavy (non-hydrogen) atoms. The van der Waals surface area contributed by atoms with Gasteiger partial charge in [0.05, 0.1) is 24.8 Å². The molecule has 0 radical (unpaired) electrons. The molecule has 0 spiro atoms. The summed E-state index contributed by atoms with van der Waals surface area (Å²) in [5.41, 5.74) is 2.63. The van der Waals surface area contributed by atoms with Crippen LogP contribution in [0.25, 0.3) is 11.3 Å². The van der Waals surface area contributed by atoms with Gasteiger partial charge in [0, 0.05) is 17.9 Å². The Kier molecular flexibility index (Phi) is 7.57. The predicted octanol–water partition coefficient (Wildman–Crippen LogP) is 4.80. The number of carbonyl (C=O) groups excluding carboxylic acids is 2. The predicted molar refractivity (Wildman–Crippen MR) is 120 cm³/mol. The van der Waals surface area contributed by atoms with Crippen LogP contribution in [0, 0.1) is 0 Å². The van der Waals surface area contributed by atoms with Gasteiger partial charge in [-0.2, -0.15) is 0 Å². The van der Waals surface area contributed by atoms with Gasteiger partial charge in [-0.25, -0.2) is 4.98 Å². The number of ether oxygens (including phenoxy) is 1. The Hall–Kier alpha value is -3.19. The molecule has 156 valence electrons. The van der Waals surface area contributed by atoms with Gasteiger partial charge >= 0.3 is 0 Å². The molecule has 0 bridgehead atoms. The third-order valence-electron chi connectivity index (χ3n) is 4.34. The molecule has 0 aliphatic heterocycles. The van der Waals surface area contributed by atoms with E-state index in [1.54, 1.807) is 0 Å². The van der Waals surface area contributed by atoms with Crippen LogP contribution in [0.4, 0.5) is 5.13 Å². The summed E-state index contributed by atoms with van der Waals surface area (Å²) < 4.78 is 5.60. The van der Waals surface area contributed by atoms with Gasteiger partial charge in [0.2, 0.25) is 11.8 Å². The lowest BCUT2D eigenvalue weighted by molar-refractivity contribution is -0.120. The molecule has 0 aliphatic carbocycles. The fourth-order valence-corrected chi connectivity index (χ4v) is 3.68. The van der Waals surface area contributed by atoms with Gasteiger partial charge in [0.1, 0.15) is 5.75 Å². The average molecular weight is 424 g/mol. The van der Waals surface area contributed by atoms with Crippen molar-refractivity contribution in [2.75, 3.05) is 11.9 Å². The van der Waals surface area contributed by atoms with Crippen molar-refractivity contribution in [1.82, 2.24) is 10.3 Å². The molecule has 1 heterocycles. The first-order chi connectivity index (χ1) is 14.5. The first-order valence-corrected chi connectivity index (χ1v) is 10.7. The number of hydrogen-bond donors (Lipinski definition) is 2. The lowest BCUT2D eigenvalue weighted by Gasteiger charge is -2.17. The fourth-order valence-electron chi connectivity index (χ4n) is 2.94. The number of amides is 2. The highest BCUT2D eigenvalue weighted by Gasteiger charge is 2.18. The standard InChI is InChI=1S/C23H25N3O3S/c1-3-13-29-19-11-9-18(10-12-19)21-15-30-23(25-21)26-22(28)14-20(24-16(2)27)17-7-5-4-6-8-17/h4-12,15,20H,3,13-14H2,1-2H3,(H,24,27)(H,25,26,28). The van der Waals surface area contributed by atoms with E-state index in [1.807, 2.05) is 60.0 Å². The van der Waals surface area contributed by atoms with E-state index in [9.17, 15) is 9.59 Å². The van der Waals surface area contributed by atoms with Gasteiger partial charge in [0.25, 0.3) is 0 Å². The second-order valence-corrected chi connectivity index (χ2v) is 7.68. The molecule has 7 heteroatoms. The summed E-state index contributed by atoms with van der Waals surface area (Å²) in [7, 11) is 0. The minimum absolute atomic E-state index is 0.127. The molecule has 0 saturated carbocycles. The van der Waals surface area contributed by atoms with Crippen LogP contribution in [0.5, 0.6) is 5.75 Å². The number of rotatable bonds is 9. The van der Waals surface area contributed by atoms with E-state index >= 15 is 0 Å². The molecule has 0 saturated heterocycles. The van der Waals surface area contributed by atoms with E-state index in [-0.39, 0.29) is 18.2 Å². The van der Waals surface area contributed by atoms with Crippen molar-refractivity contribution in [2.24, 2.45) is 0 Å². The van der Waals surface area contributed by atoms with Gasteiger partial charge in [-0.15, -0.1) is 11.3 Å². The van der Waals surface area contributed by atoms with Gasteiger partial charge in [0.15, 0.2) is 5.13 Å². The second-order valence-electron chi connectivity index (χ2n) is 6.83. The smallest absolute Gasteiger partial charge is 0.228 e. The zero-order valence-corrected chi connectivity index (χ0v) is 17.9. The zero-order chi connectivity index (χ0) is 21.3. The summed E-state index contributed by atoms with van der Waals surface area (Å²) in [6.45, 7) is 4.20. The number of thiazole rings is 1. The van der Waals surface area contributed by atoms with Gasteiger partial charge in [-0.1, -0.05) is 37.3 Å². The molecular formula is C23H25N3O3S. The first-order valence-electron chi connectivity index (χ1n) is 9.86. The van der Waals surface area contributed by atoms with Crippen molar-refractivity contribution >= 4 is 28.3 Å². The van der Waals surface area contributed by atoms with E-state index in [4.69, 9.17) is 4.74 Å². The highest BCUT2D eigenvalue weighted by Crippen LogP contribution is 2.27. The zero-order valence-electron chi connectivity index (χ0n) is 17.1. The van der Waals surface area contributed by atoms with Crippen LogP contribution in [0.2, 0.25) is 0 Å². The quantitative estimate of drug-likeness (QED) is 0.518. The first kappa shape index (κ1) is 21.5. The topological polar surface area (TPSA) is 80.3 Å². The number of carbonyl (C=O) groups is 2. The molecular weight excluding hydrogens is 398 g/mol. The maximum absolute atomic E-state index is 12.6. The largest absolute Gasteiger partial charge is 0.494 e. The molecule has 0 aliphatic rings. The van der Waals surface area contributed by atoms with Crippen molar-refractivity contribution in [3.63, 3.8) is 0 Å². The molecule has 0 fully saturated rings. The van der Waals surface area contributed by atoms with Crippen LogP contribution >= 0.6 is 11.3 Å². The van der Waals surface area contributed by atoms with Gasteiger partial charge in [-0.3, -0.25) is 9.59 Å². The number of anilines is 1. The summed E-state index contributed by atoms with van der Waals surface area (Å²) in [5, 5.41) is 8.10. The number of nitrogens with one attached hydrogen (secondary N) is 2. The Morgan fingerprint density at radius 2 is 1.83 bits per heavy atom. The SMILES string of the molecule is CCCOc1ccc(-c2csc(NC(=O)CC(NC(C)=O)c3ccccc3)n2)cc1. The molecule has 6 nitrogen and oxygen atoms in total. The normalized spacial score (nSPS) is 11.5. The van der Waals surface area contributed by atoms with Crippen molar-refractivity contribution < 1.29 is 14.3 Å². The summed E-state index contributed by atoms with van der Waals surface area (Å²) in [5.74, 6) is 0.440. The highest BCUT2D eigenvalue weighted by molar-refractivity contribution is 7.14. The number of nitrogens with zero attached hydrogens (tertiary/aromatic N) is 1. The van der Waals surface area contributed by atoms with E-state index in [0.29, 0.717) is 11.7 Å². The Bertz CT molecular complexity index is 971. The number of aromatic nitrogens is 1. The molecule has 2 N–H and O–H groups in total. The van der Waals surface area contributed by atoms with Crippen LogP contribution < -0.4 is 15.4 Å². The van der Waals surface area contributed by atoms with Crippen molar-refractivity contribution in [3.05, 3.63) is 65.5 Å². The lowest BCUT2D eigenvalue weighted by Crippen LogP contribution is -2.29. The van der Waals surface area contributed by atoms with Crippen LogP contribution in [-0.2, 0) is 9.59 Å². The summed E-state index contributed by atoms with van der Waals surface area (Å²) in [6, 6.07) is 16.8. The maximum Gasteiger partial charge on any atom is 0.228 e. The van der Waals surface area contributed by atoms with Crippen LogP contribution in [0.1, 0.15) is 38.3 Å². The Balaban J connectivity index is 1.63. The summed E-state index contributed by atoms with van der Waals surface area (Å²) in [4.78, 5) is 28.6. The second kappa shape index (κ2) is 10.5. The Morgan fingerprint density at radius 3 is 2.50 bits per heavy atom. The van der Waals surface area contributed by atoms with E-state index in [0.717, 1.165) is 29.0 Å². The molecule has 1 aromatic heterocycles.